The number of piperidine rings is 1. The van der Waals surface area contributed by atoms with Gasteiger partial charge in [0.25, 0.3) is 0 Å². The van der Waals surface area contributed by atoms with Crippen molar-refractivity contribution >= 4 is 5.91 Å². The normalized spacial score (nSPS) is 16.4. The first-order valence-electron chi connectivity index (χ1n) is 11.2. The average molecular weight is 495 g/mol. The third-order valence-electron chi connectivity index (χ3n) is 6.22. The molecule has 2 aromatic heterocycles. The largest absolute Gasteiger partial charge is 0.471 e. The lowest BCUT2D eigenvalue weighted by atomic mass is 9.76. The van der Waals surface area contributed by atoms with Gasteiger partial charge in [0.1, 0.15) is 12.1 Å². The Hall–Kier alpha value is -3.28. The first kappa shape index (κ1) is 24.8. The van der Waals surface area contributed by atoms with E-state index < -0.39 is 17.5 Å². The summed E-state index contributed by atoms with van der Waals surface area (Å²) in [6.45, 7) is 1.97. The van der Waals surface area contributed by atoms with Crippen molar-refractivity contribution in [2.24, 2.45) is 0 Å². The van der Waals surface area contributed by atoms with Crippen LogP contribution in [0.5, 0.6) is 0 Å². The number of hydrogen-bond donors (Lipinski definition) is 1. The predicted octanol–water partition coefficient (Wildman–Crippen LogP) is 3.99. The molecule has 3 aromatic rings. The number of carbonyl (C=O) groups excluding carboxylic acids is 1. The smallest absolute Gasteiger partial charge is 0.444 e. The maximum atomic E-state index is 13.3. The minimum atomic E-state index is -4.69. The molecule has 8 nitrogen and oxygen atoms in total. The number of carbonyl (C=O) groups is 1. The van der Waals surface area contributed by atoms with Crippen molar-refractivity contribution in [3.8, 4) is 11.5 Å². The van der Waals surface area contributed by atoms with Crippen LogP contribution in [-0.4, -0.2) is 52.6 Å². The van der Waals surface area contributed by atoms with Crippen molar-refractivity contribution in [2.45, 2.75) is 43.7 Å². The predicted molar refractivity (Wildman–Crippen MR) is 116 cm³/mol. The number of likely N-dealkylation sites (tertiary alicyclic amines) is 1. The Morgan fingerprint density at radius 2 is 1.89 bits per heavy atom. The van der Waals surface area contributed by atoms with Crippen LogP contribution in [0.3, 0.4) is 0 Å². The number of oxazole rings is 1. The van der Waals surface area contributed by atoms with E-state index in [4.69, 9.17) is 4.42 Å². The van der Waals surface area contributed by atoms with Crippen molar-refractivity contribution in [1.29, 1.82) is 0 Å². The molecule has 0 radical (unpaired) electrons. The van der Waals surface area contributed by atoms with Crippen LogP contribution >= 0.6 is 0 Å². The Bertz CT molecular complexity index is 1130. The minimum Gasteiger partial charge on any atom is -0.444 e. The van der Waals surface area contributed by atoms with E-state index in [1.54, 1.807) is 18.4 Å². The Balaban J connectivity index is 1.37. The van der Waals surface area contributed by atoms with Gasteiger partial charge in [-0.25, -0.2) is 9.37 Å². The third-order valence-corrected chi connectivity index (χ3v) is 6.22. The van der Waals surface area contributed by atoms with Crippen LogP contribution in [0.15, 0.2) is 39.5 Å². The van der Waals surface area contributed by atoms with Crippen LogP contribution in [0.1, 0.15) is 43.1 Å². The molecule has 0 saturated carbocycles. The van der Waals surface area contributed by atoms with Gasteiger partial charge < -0.3 is 19.2 Å². The van der Waals surface area contributed by atoms with Crippen molar-refractivity contribution in [2.75, 3.05) is 26.7 Å². The average Bonchev–Trinajstić information content (AvgIpc) is 3.50. The van der Waals surface area contributed by atoms with Crippen LogP contribution in [0.2, 0.25) is 0 Å². The Morgan fingerprint density at radius 3 is 2.54 bits per heavy atom. The summed E-state index contributed by atoms with van der Waals surface area (Å²) in [7, 11) is 2.03. The molecule has 0 aliphatic carbocycles. The topological polar surface area (TPSA) is 97.3 Å². The van der Waals surface area contributed by atoms with Crippen LogP contribution < -0.4 is 5.32 Å². The Kier molecular flexibility index (Phi) is 7.20. The van der Waals surface area contributed by atoms with E-state index in [1.165, 1.54) is 12.1 Å². The standard InChI is InChI=1S/C23H25F4N5O3/c1-32-11-9-22(10-12-32,17-13-34-20(29-17)15-5-7-16(24)8-6-15)14-28-19(33)4-2-3-18-30-21(35-31-18)23(25,26)27/h5-8,13H,2-4,9-12,14H2,1H3,(H,28,33). The Labute approximate surface area is 198 Å². The summed E-state index contributed by atoms with van der Waals surface area (Å²) >= 11 is 0. The van der Waals surface area contributed by atoms with E-state index in [9.17, 15) is 22.4 Å². The zero-order chi connectivity index (χ0) is 25.1. The van der Waals surface area contributed by atoms with E-state index in [1.807, 2.05) is 7.05 Å². The number of aromatic nitrogens is 3. The second-order valence-electron chi connectivity index (χ2n) is 8.77. The van der Waals surface area contributed by atoms with Gasteiger partial charge in [-0.1, -0.05) is 5.16 Å². The van der Waals surface area contributed by atoms with Gasteiger partial charge in [0.2, 0.25) is 11.8 Å². The summed E-state index contributed by atoms with van der Waals surface area (Å²) in [5, 5.41) is 6.25. The molecule has 0 atom stereocenters. The molecule has 188 valence electrons. The molecule has 1 aliphatic rings. The van der Waals surface area contributed by atoms with Crippen LogP contribution in [0.4, 0.5) is 17.6 Å². The number of hydrogen-bond acceptors (Lipinski definition) is 7. The lowest BCUT2D eigenvalue weighted by Gasteiger charge is -2.39. The van der Waals surface area contributed by atoms with Gasteiger partial charge in [0.05, 0.1) is 5.69 Å². The fourth-order valence-electron chi connectivity index (χ4n) is 4.05. The number of rotatable bonds is 8. The summed E-state index contributed by atoms with van der Waals surface area (Å²) < 4.78 is 60.8. The molecule has 0 spiro atoms. The monoisotopic (exact) mass is 495 g/mol. The zero-order valence-corrected chi connectivity index (χ0v) is 19.1. The highest BCUT2D eigenvalue weighted by Crippen LogP contribution is 2.36. The zero-order valence-electron chi connectivity index (χ0n) is 19.1. The molecule has 1 amide bonds. The van der Waals surface area contributed by atoms with E-state index in [0.717, 1.165) is 31.6 Å². The van der Waals surface area contributed by atoms with Gasteiger partial charge in [-0.15, -0.1) is 0 Å². The number of halogens is 4. The molecule has 1 aliphatic heterocycles. The highest BCUT2D eigenvalue weighted by molar-refractivity contribution is 5.76. The summed E-state index contributed by atoms with van der Waals surface area (Å²) in [6, 6.07) is 5.86. The molecule has 4 rings (SSSR count). The SMILES string of the molecule is CN1CCC(CNC(=O)CCCc2noc(C(F)(F)F)n2)(c2coc(-c3ccc(F)cc3)n2)CC1. The quantitative estimate of drug-likeness (QED) is 0.472. The first-order chi connectivity index (χ1) is 16.6. The number of nitrogens with one attached hydrogen (secondary N) is 1. The van der Waals surface area contributed by atoms with Crippen molar-refractivity contribution in [3.05, 3.63) is 53.8 Å². The molecule has 0 unspecified atom stereocenters. The van der Waals surface area contributed by atoms with Gasteiger partial charge in [-0.05, 0) is 63.7 Å². The third kappa shape index (κ3) is 6.05. The van der Waals surface area contributed by atoms with Gasteiger partial charge in [0, 0.05) is 30.4 Å². The van der Waals surface area contributed by atoms with Crippen molar-refractivity contribution < 1.29 is 31.3 Å². The highest BCUT2D eigenvalue weighted by atomic mass is 19.4. The van der Waals surface area contributed by atoms with Crippen molar-refractivity contribution in [1.82, 2.24) is 25.3 Å². The summed E-state index contributed by atoms with van der Waals surface area (Å²) in [6.07, 6.45) is -1.13. The molecule has 12 heteroatoms. The number of amides is 1. The van der Waals surface area contributed by atoms with Gasteiger partial charge in [-0.3, -0.25) is 4.79 Å². The lowest BCUT2D eigenvalue weighted by Crippen LogP contribution is -2.48. The van der Waals surface area contributed by atoms with Crippen molar-refractivity contribution in [3.63, 3.8) is 0 Å². The summed E-state index contributed by atoms with van der Waals surface area (Å²) in [4.78, 5) is 22.7. The van der Waals surface area contributed by atoms with E-state index in [2.05, 4.69) is 29.9 Å². The first-order valence-corrected chi connectivity index (χ1v) is 11.2. The van der Waals surface area contributed by atoms with Gasteiger partial charge in [-0.2, -0.15) is 18.2 Å². The fourth-order valence-corrected chi connectivity index (χ4v) is 4.05. The van der Waals surface area contributed by atoms with Gasteiger partial charge >= 0.3 is 12.1 Å². The lowest BCUT2D eigenvalue weighted by molar-refractivity contribution is -0.159. The minimum absolute atomic E-state index is 0.0900. The van der Waals surface area contributed by atoms with Gasteiger partial charge in [0.15, 0.2) is 5.82 Å². The number of benzene rings is 1. The molecule has 0 bridgehead atoms. The summed E-state index contributed by atoms with van der Waals surface area (Å²) in [5.41, 5.74) is 0.941. The molecular formula is C23H25F4N5O3. The molecule has 35 heavy (non-hydrogen) atoms. The molecule has 1 saturated heterocycles. The second-order valence-corrected chi connectivity index (χ2v) is 8.77. The highest BCUT2D eigenvalue weighted by Gasteiger charge is 2.39. The molecule has 1 aromatic carbocycles. The number of alkyl halides is 3. The van der Waals surface area contributed by atoms with E-state index in [0.29, 0.717) is 18.0 Å². The van der Waals surface area contributed by atoms with E-state index >= 15 is 0 Å². The number of nitrogens with zero attached hydrogens (tertiary/aromatic N) is 4. The second kappa shape index (κ2) is 10.1. The maximum absolute atomic E-state index is 13.3. The Morgan fingerprint density at radius 1 is 1.17 bits per heavy atom. The molecule has 1 N–H and O–H groups in total. The van der Waals surface area contributed by atoms with Crippen LogP contribution in [0.25, 0.3) is 11.5 Å². The van der Waals surface area contributed by atoms with E-state index in [-0.39, 0.29) is 36.8 Å². The molecule has 1 fully saturated rings. The molecule has 3 heterocycles. The van der Waals surface area contributed by atoms with Crippen LogP contribution in [-0.2, 0) is 22.8 Å². The number of aryl methyl sites for hydroxylation is 1. The molecular weight excluding hydrogens is 470 g/mol. The fraction of sp³-hybridized carbons (Fsp3) is 0.478. The summed E-state index contributed by atoms with van der Waals surface area (Å²) in [5.74, 6) is -1.69. The maximum Gasteiger partial charge on any atom is 0.471 e. The van der Waals surface area contributed by atoms with Crippen LogP contribution in [0, 0.1) is 5.82 Å².